The number of pyridine rings is 2. The second-order valence-corrected chi connectivity index (χ2v) is 18.9. The van der Waals surface area contributed by atoms with Gasteiger partial charge < -0.3 is 24.4 Å². The highest BCUT2D eigenvalue weighted by molar-refractivity contribution is 8.26. The molecule has 3 aromatic rings. The first kappa shape index (κ1) is 32.4. The number of thioether (sulfide) groups is 1. The fourth-order valence-corrected chi connectivity index (χ4v) is 5.43. The minimum Gasteiger partial charge on any atom is -0.442 e. The summed E-state index contributed by atoms with van der Waals surface area (Å²) in [4.78, 5) is 25.3. The van der Waals surface area contributed by atoms with E-state index in [1.54, 1.807) is 38.1 Å². The minimum absolute atomic E-state index is 0.139. The molecule has 0 saturated carbocycles. The van der Waals surface area contributed by atoms with E-state index in [2.05, 4.69) is 35.0 Å². The monoisotopic (exact) mass is 627 g/mol. The van der Waals surface area contributed by atoms with E-state index in [0.29, 0.717) is 66.3 Å². The van der Waals surface area contributed by atoms with Gasteiger partial charge in [0.2, 0.25) is 0 Å². The molecule has 0 radical (unpaired) electrons. The van der Waals surface area contributed by atoms with Crippen molar-refractivity contribution in [1.29, 1.82) is 10.8 Å². The van der Waals surface area contributed by atoms with Gasteiger partial charge in [0, 0.05) is 27.8 Å². The van der Waals surface area contributed by atoms with Gasteiger partial charge in [-0.1, -0.05) is 19.6 Å². The van der Waals surface area contributed by atoms with Gasteiger partial charge in [0.15, 0.2) is 10.3 Å². The number of amidine groups is 2. The van der Waals surface area contributed by atoms with Gasteiger partial charge in [-0.3, -0.25) is 20.7 Å². The largest absolute Gasteiger partial charge is 0.442 e. The molecule has 1 saturated heterocycles. The first-order valence-corrected chi connectivity index (χ1v) is 18.6. The van der Waals surface area contributed by atoms with E-state index in [9.17, 15) is 4.79 Å². The van der Waals surface area contributed by atoms with Crippen LogP contribution in [0.15, 0.2) is 36.8 Å². The lowest BCUT2D eigenvalue weighted by molar-refractivity contribution is 0.0514. The maximum atomic E-state index is 12.3. The van der Waals surface area contributed by atoms with Crippen LogP contribution in [0.5, 0.6) is 0 Å². The Bertz CT molecular complexity index is 1450. The molecular weight excluding hydrogens is 587 g/mol. The normalized spacial score (nSPS) is 14.0. The third-order valence-electron chi connectivity index (χ3n) is 6.20. The number of ether oxygens (including phenoxy) is 3. The van der Waals surface area contributed by atoms with Crippen molar-refractivity contribution in [3.8, 4) is 0 Å². The summed E-state index contributed by atoms with van der Waals surface area (Å²) in [6, 6.07) is 6.50. The van der Waals surface area contributed by atoms with E-state index in [-0.39, 0.29) is 11.9 Å². The average Bonchev–Trinajstić information content (AvgIpc) is 3.40. The molecule has 0 aliphatic carbocycles. The summed E-state index contributed by atoms with van der Waals surface area (Å²) in [7, 11) is -1.29. The summed E-state index contributed by atoms with van der Waals surface area (Å²) in [6.07, 6.45) is 4.17. The molecule has 0 bridgehead atoms. The summed E-state index contributed by atoms with van der Waals surface area (Å²) in [5, 5.41) is 25.2. The molecule has 1 aliphatic rings. The summed E-state index contributed by atoms with van der Waals surface area (Å²) in [6.45, 7) is 15.4. The van der Waals surface area contributed by atoms with Crippen LogP contribution in [-0.4, -0.2) is 94.4 Å². The van der Waals surface area contributed by atoms with Crippen molar-refractivity contribution in [3.63, 3.8) is 0 Å². The van der Waals surface area contributed by atoms with Crippen LogP contribution in [0.25, 0.3) is 11.0 Å². The summed E-state index contributed by atoms with van der Waals surface area (Å²) >= 11 is 1.07. The van der Waals surface area contributed by atoms with E-state index < -0.39 is 19.8 Å². The molecule has 13 nitrogen and oxygen atoms in total. The Morgan fingerprint density at radius 1 is 1.14 bits per heavy atom. The van der Waals surface area contributed by atoms with Crippen molar-refractivity contribution in [2.24, 2.45) is 0 Å². The van der Waals surface area contributed by atoms with Gasteiger partial charge in [-0.2, -0.15) is 9.78 Å². The van der Waals surface area contributed by atoms with Crippen molar-refractivity contribution >= 4 is 64.5 Å². The lowest BCUT2D eigenvalue weighted by Gasteiger charge is -2.30. The molecule has 15 heteroatoms. The molecule has 1 aliphatic heterocycles. The first-order valence-electron chi connectivity index (χ1n) is 14.1. The Morgan fingerprint density at radius 2 is 1.88 bits per heavy atom. The van der Waals surface area contributed by atoms with Gasteiger partial charge in [-0.05, 0) is 56.8 Å². The number of anilines is 3. The van der Waals surface area contributed by atoms with Crippen molar-refractivity contribution in [3.05, 3.63) is 36.8 Å². The third kappa shape index (κ3) is 9.74. The second kappa shape index (κ2) is 13.8. The molecule has 0 atom stereocenters. The van der Waals surface area contributed by atoms with Crippen LogP contribution < -0.4 is 10.2 Å². The first-order chi connectivity index (χ1) is 20.3. The van der Waals surface area contributed by atoms with Gasteiger partial charge in [0.05, 0.1) is 54.2 Å². The zero-order valence-corrected chi connectivity index (χ0v) is 27.5. The number of rotatable bonds is 8. The number of nitrogens with zero attached hydrogens (tertiary/aromatic N) is 6. The number of carbonyl (C=O) groups is 1. The minimum atomic E-state index is -1.29. The molecule has 232 valence electrons. The number of fused-ring (bicyclic) bond motifs is 1. The topological polar surface area (TPSA) is 155 Å². The maximum Gasteiger partial charge on any atom is 0.435 e. The average molecular weight is 628 g/mol. The number of hydrogen-bond acceptors (Lipinski definition) is 11. The fraction of sp³-hybridized carbons (Fsp3) is 0.500. The molecule has 4 rings (SSSR count). The Labute approximate surface area is 257 Å². The van der Waals surface area contributed by atoms with E-state index in [0.717, 1.165) is 22.5 Å². The number of morpholine rings is 1. The van der Waals surface area contributed by atoms with Crippen LogP contribution >= 0.6 is 11.8 Å². The molecule has 0 amide bonds. The van der Waals surface area contributed by atoms with Crippen molar-refractivity contribution in [1.82, 2.24) is 24.6 Å². The molecule has 3 N–H and O–H groups in total. The van der Waals surface area contributed by atoms with Gasteiger partial charge in [-0.15, -0.1) is 0 Å². The smallest absolute Gasteiger partial charge is 0.435 e. The van der Waals surface area contributed by atoms with E-state index in [1.807, 2.05) is 23.1 Å². The lowest BCUT2D eigenvalue weighted by atomic mass is 10.2. The van der Waals surface area contributed by atoms with Crippen molar-refractivity contribution in [2.45, 2.75) is 52.1 Å². The van der Waals surface area contributed by atoms with Crippen LogP contribution in [-0.2, 0) is 14.2 Å². The molecular formula is C28H41N9O4SSi. The van der Waals surface area contributed by atoms with E-state index in [4.69, 9.17) is 30.0 Å². The van der Waals surface area contributed by atoms with E-state index in [1.165, 1.54) is 6.20 Å². The Balaban J connectivity index is 1.52. The highest BCUT2D eigenvalue weighted by Gasteiger charge is 2.23. The second-order valence-electron chi connectivity index (χ2n) is 12.3. The predicted octanol–water partition coefficient (Wildman–Crippen LogP) is 5.41. The van der Waals surface area contributed by atoms with Gasteiger partial charge in [-0.25, -0.2) is 9.78 Å². The van der Waals surface area contributed by atoms with Gasteiger partial charge in [0.25, 0.3) is 0 Å². The molecule has 0 spiro atoms. The zero-order chi connectivity index (χ0) is 31.2. The summed E-state index contributed by atoms with van der Waals surface area (Å²) in [5.74, 6) is 0.518. The SMILES string of the molecule is CC(C)(C)OC(=O)n1cc(Nc2cnc3ccc(N(COCC[Si](C)(C)C)C(=N)SC(=N)N4CCOCC4)nc3c2)cn1. The highest BCUT2D eigenvalue weighted by Crippen LogP contribution is 2.25. The molecule has 0 unspecified atom stereocenters. The summed E-state index contributed by atoms with van der Waals surface area (Å²) in [5.41, 5.74) is 1.89. The van der Waals surface area contributed by atoms with Crippen molar-refractivity contribution in [2.75, 3.05) is 49.9 Å². The molecule has 43 heavy (non-hydrogen) atoms. The number of aromatic nitrogens is 4. The Kier molecular flexibility index (Phi) is 10.4. The number of nitrogens with one attached hydrogen (secondary N) is 3. The van der Waals surface area contributed by atoms with Gasteiger partial charge in [0.1, 0.15) is 18.1 Å². The summed E-state index contributed by atoms with van der Waals surface area (Å²) < 4.78 is 17.9. The Hall–Kier alpha value is -3.53. The van der Waals surface area contributed by atoms with Crippen LogP contribution in [0.2, 0.25) is 25.7 Å². The molecule has 1 fully saturated rings. The van der Waals surface area contributed by atoms with Crippen molar-refractivity contribution < 1.29 is 19.0 Å². The highest BCUT2D eigenvalue weighted by atomic mass is 32.2. The van der Waals surface area contributed by atoms with Crippen LogP contribution in [0.4, 0.5) is 22.0 Å². The van der Waals surface area contributed by atoms with Crippen LogP contribution in [0, 0.1) is 10.8 Å². The zero-order valence-electron chi connectivity index (χ0n) is 25.6. The quantitative estimate of drug-likeness (QED) is 0.0966. The number of carbonyl (C=O) groups excluding carboxylic acids is 1. The van der Waals surface area contributed by atoms with Crippen LogP contribution in [0.3, 0.4) is 0 Å². The fourth-order valence-electron chi connectivity index (χ4n) is 3.92. The third-order valence-corrected chi connectivity index (χ3v) is 8.77. The maximum absolute atomic E-state index is 12.3. The molecule has 4 heterocycles. The molecule has 0 aromatic carbocycles. The predicted molar refractivity (Wildman–Crippen MR) is 174 cm³/mol. The number of hydrogen-bond donors (Lipinski definition) is 3. The lowest BCUT2D eigenvalue weighted by Crippen LogP contribution is -2.41. The van der Waals surface area contributed by atoms with Gasteiger partial charge >= 0.3 is 6.09 Å². The van der Waals surface area contributed by atoms with E-state index >= 15 is 0 Å². The molecule has 3 aromatic heterocycles. The standard InChI is InChI=1S/C28H41N9O4SSi/c1-28(2,3)41-27(38)37-18-21(17-32-37)33-20-15-23-22(31-16-20)7-8-24(34-23)36(19-40-13-14-43(4,5)6)26(30)42-25(29)35-9-11-39-12-10-35/h7-8,15-18,29-30,33H,9-14,19H2,1-6H3. The Morgan fingerprint density at radius 3 is 2.58 bits per heavy atom. The van der Waals surface area contributed by atoms with Crippen LogP contribution in [0.1, 0.15) is 20.8 Å².